The van der Waals surface area contributed by atoms with Crippen molar-refractivity contribution in [3.05, 3.63) is 45.8 Å². The Morgan fingerprint density at radius 2 is 2.10 bits per heavy atom. The van der Waals surface area contributed by atoms with Crippen LogP contribution < -0.4 is 0 Å². The van der Waals surface area contributed by atoms with E-state index in [2.05, 4.69) is 32.4 Å². The minimum atomic E-state index is -1.34. The smallest absolute Gasteiger partial charge is 0.185 e. The van der Waals surface area contributed by atoms with Crippen molar-refractivity contribution in [2.75, 3.05) is 6.66 Å². The molecular formula is C19H24OP+. The molecule has 0 saturated heterocycles. The van der Waals surface area contributed by atoms with Crippen LogP contribution in [0, 0.1) is 11.3 Å². The van der Waals surface area contributed by atoms with Crippen LogP contribution in [-0.4, -0.2) is 12.4 Å². The molecular weight excluding hydrogens is 275 g/mol. The molecule has 1 nitrogen and oxygen atoms in total. The van der Waals surface area contributed by atoms with Crippen molar-refractivity contribution in [2.24, 2.45) is 11.3 Å². The number of ketones is 1. The van der Waals surface area contributed by atoms with E-state index >= 15 is 0 Å². The van der Waals surface area contributed by atoms with Gasteiger partial charge in [0, 0.05) is 25.0 Å². The lowest BCUT2D eigenvalue weighted by molar-refractivity contribution is -0.110. The van der Waals surface area contributed by atoms with Gasteiger partial charge >= 0.3 is 0 Å². The molecule has 110 valence electrons. The molecule has 0 bridgehead atoms. The molecule has 0 saturated carbocycles. The Kier molecular flexibility index (Phi) is 2.80. The number of hydrogen-bond acceptors (Lipinski definition) is 1. The number of allylic oxidation sites excluding steroid dienone is 7. The fourth-order valence-corrected chi connectivity index (χ4v) is 8.55. The van der Waals surface area contributed by atoms with Gasteiger partial charge in [-0.05, 0) is 41.7 Å². The van der Waals surface area contributed by atoms with E-state index in [4.69, 9.17) is 0 Å². The summed E-state index contributed by atoms with van der Waals surface area (Å²) >= 11 is 0. The molecule has 2 heteroatoms. The first-order chi connectivity index (χ1) is 9.92. The molecule has 2 heterocycles. The summed E-state index contributed by atoms with van der Waals surface area (Å²) in [7, 11) is -1.34. The number of fused-ring (bicyclic) bond motifs is 4. The maximum atomic E-state index is 11.7. The summed E-state index contributed by atoms with van der Waals surface area (Å²) in [6.45, 7) is 7.26. The maximum Gasteiger partial charge on any atom is 0.185 e. The molecule has 0 spiro atoms. The zero-order chi connectivity index (χ0) is 14.8. The van der Waals surface area contributed by atoms with Crippen LogP contribution in [-0.2, 0) is 4.79 Å². The number of carbonyl (C=O) groups is 1. The minimum Gasteiger partial charge on any atom is -0.290 e. The predicted octanol–water partition coefficient (Wildman–Crippen LogP) is 5.43. The molecule has 0 aromatic carbocycles. The van der Waals surface area contributed by atoms with Crippen molar-refractivity contribution >= 4 is 13.0 Å². The summed E-state index contributed by atoms with van der Waals surface area (Å²) in [6.07, 6.45) is 12.4. The molecule has 21 heavy (non-hydrogen) atoms. The summed E-state index contributed by atoms with van der Waals surface area (Å²) in [5.41, 5.74) is 3.77. The zero-order valence-corrected chi connectivity index (χ0v) is 14.2. The van der Waals surface area contributed by atoms with Crippen molar-refractivity contribution in [1.29, 1.82) is 0 Å². The van der Waals surface area contributed by atoms with Gasteiger partial charge in [0.25, 0.3) is 0 Å². The van der Waals surface area contributed by atoms with Gasteiger partial charge in [-0.3, -0.25) is 4.79 Å². The number of rotatable bonds is 0. The average molecular weight is 299 g/mol. The summed E-state index contributed by atoms with van der Waals surface area (Å²) in [4.78, 5) is 11.7. The Hall–Kier alpha value is -0.940. The first kappa shape index (κ1) is 13.7. The van der Waals surface area contributed by atoms with Crippen LogP contribution in [0.3, 0.4) is 0 Å². The van der Waals surface area contributed by atoms with E-state index in [0.717, 1.165) is 18.8 Å². The molecule has 2 aliphatic carbocycles. The third kappa shape index (κ3) is 1.83. The molecule has 0 aromatic heterocycles. The minimum absolute atomic E-state index is 0.195. The van der Waals surface area contributed by atoms with Crippen molar-refractivity contribution in [3.63, 3.8) is 0 Å². The van der Waals surface area contributed by atoms with Crippen LogP contribution >= 0.6 is 7.26 Å². The van der Waals surface area contributed by atoms with E-state index in [1.54, 1.807) is 16.5 Å². The van der Waals surface area contributed by atoms with Gasteiger partial charge in [-0.15, -0.1) is 0 Å². The van der Waals surface area contributed by atoms with Crippen LogP contribution in [0.1, 0.15) is 46.0 Å². The highest BCUT2D eigenvalue weighted by Gasteiger charge is 2.52. The lowest BCUT2D eigenvalue weighted by atomic mass is 9.71. The molecule has 0 amide bonds. The average Bonchev–Trinajstić information content (AvgIpc) is 2.74. The zero-order valence-electron chi connectivity index (χ0n) is 13.3. The molecule has 0 N–H and O–H groups in total. The van der Waals surface area contributed by atoms with E-state index in [1.807, 2.05) is 12.2 Å². The maximum absolute atomic E-state index is 11.7. The normalized spacial score (nSPS) is 41.3. The fourth-order valence-electron chi connectivity index (χ4n) is 5.04. The highest BCUT2D eigenvalue weighted by Crippen LogP contribution is 2.78. The summed E-state index contributed by atoms with van der Waals surface area (Å²) in [5.74, 6) is 3.20. The van der Waals surface area contributed by atoms with Crippen molar-refractivity contribution in [2.45, 2.75) is 46.0 Å². The summed E-state index contributed by atoms with van der Waals surface area (Å²) < 4.78 is 0. The van der Waals surface area contributed by atoms with Crippen molar-refractivity contribution in [3.8, 4) is 0 Å². The topological polar surface area (TPSA) is 17.1 Å². The molecule has 2 unspecified atom stereocenters. The van der Waals surface area contributed by atoms with Gasteiger partial charge in [-0.25, -0.2) is 0 Å². The van der Waals surface area contributed by atoms with Gasteiger partial charge in [0.2, 0.25) is 0 Å². The highest BCUT2D eigenvalue weighted by molar-refractivity contribution is 7.85. The van der Waals surface area contributed by atoms with E-state index in [0.29, 0.717) is 5.41 Å². The third-order valence-corrected chi connectivity index (χ3v) is 10.0. The molecule has 0 fully saturated rings. The van der Waals surface area contributed by atoms with Gasteiger partial charge in [0.1, 0.15) is 0 Å². The Balaban J connectivity index is 1.87. The Bertz CT molecular complexity index is 663. The van der Waals surface area contributed by atoms with Gasteiger partial charge in [-0.2, -0.15) is 0 Å². The molecule has 0 radical (unpaired) electrons. The highest BCUT2D eigenvalue weighted by atomic mass is 31.2. The molecule has 0 aromatic rings. The molecule has 3 atom stereocenters. The monoisotopic (exact) mass is 299 g/mol. The van der Waals surface area contributed by atoms with Gasteiger partial charge in [-0.1, -0.05) is 19.9 Å². The molecule has 2 aliphatic heterocycles. The second-order valence-electron chi connectivity index (χ2n) is 7.68. The second kappa shape index (κ2) is 4.29. The van der Waals surface area contributed by atoms with E-state index in [-0.39, 0.29) is 5.78 Å². The summed E-state index contributed by atoms with van der Waals surface area (Å²) in [6, 6.07) is 0. The van der Waals surface area contributed by atoms with Gasteiger partial charge in [0.15, 0.2) is 5.78 Å². The summed E-state index contributed by atoms with van der Waals surface area (Å²) in [5, 5.41) is 3.16. The Labute approximate surface area is 128 Å². The SMILES string of the molecule is CC1C=C2C3=C(CC[C@]2(C)C1)[P+]1(C)C=CC(=O)C=C1CC3. The Morgan fingerprint density at radius 1 is 1.29 bits per heavy atom. The largest absolute Gasteiger partial charge is 0.290 e. The molecule has 4 rings (SSSR count). The number of hydrogen-bond donors (Lipinski definition) is 0. The first-order valence-corrected chi connectivity index (χ1v) is 10.5. The number of carbonyl (C=O) groups excluding carboxylic acids is 1. The Morgan fingerprint density at radius 3 is 2.90 bits per heavy atom. The molecule has 4 aliphatic rings. The standard InChI is InChI=1S/C19H24OP/c1-13-10-17-16-5-4-15-11-14(20)7-9-21(15,3)18(16)6-8-19(17,2)12-13/h7,9-11,13H,4-6,8,12H2,1-3H3/q+1/t13?,19-,21?/m1/s1. The van der Waals surface area contributed by atoms with Crippen LogP contribution in [0.5, 0.6) is 0 Å². The third-order valence-electron chi connectivity index (χ3n) is 6.10. The van der Waals surface area contributed by atoms with Crippen molar-refractivity contribution in [1.82, 2.24) is 0 Å². The lowest BCUT2D eigenvalue weighted by Gasteiger charge is -2.41. The quantitative estimate of drug-likeness (QED) is 0.545. The van der Waals surface area contributed by atoms with E-state index in [1.165, 1.54) is 24.6 Å². The van der Waals surface area contributed by atoms with Gasteiger partial charge < -0.3 is 0 Å². The van der Waals surface area contributed by atoms with Crippen LogP contribution in [0.2, 0.25) is 0 Å². The lowest BCUT2D eigenvalue weighted by Crippen LogP contribution is -2.26. The van der Waals surface area contributed by atoms with Gasteiger partial charge in [0.05, 0.1) is 30.4 Å². The van der Waals surface area contributed by atoms with Crippen LogP contribution in [0.25, 0.3) is 0 Å². The predicted molar refractivity (Wildman–Crippen MR) is 90.5 cm³/mol. The first-order valence-electron chi connectivity index (χ1n) is 8.18. The van der Waals surface area contributed by atoms with Crippen LogP contribution in [0.4, 0.5) is 0 Å². The fraction of sp³-hybridized carbons (Fsp3) is 0.526. The second-order valence-corrected chi connectivity index (χ2v) is 11.2. The van der Waals surface area contributed by atoms with E-state index in [9.17, 15) is 4.79 Å². The van der Waals surface area contributed by atoms with Crippen molar-refractivity contribution < 1.29 is 4.79 Å². The van der Waals surface area contributed by atoms with E-state index < -0.39 is 7.26 Å². The van der Waals surface area contributed by atoms with Crippen LogP contribution in [0.15, 0.2) is 45.8 Å².